The zero-order chi connectivity index (χ0) is 30.2. The molecule has 0 bridgehead atoms. The lowest BCUT2D eigenvalue weighted by atomic mass is 10.1. The van der Waals surface area contributed by atoms with Gasteiger partial charge < -0.3 is 9.47 Å². The Labute approximate surface area is 249 Å². The Hall–Kier alpha value is -5.90. The molecule has 216 valence electrons. The number of hydrogen-bond donors (Lipinski definition) is 0. The van der Waals surface area contributed by atoms with E-state index in [0.29, 0.717) is 24.2 Å². The third-order valence-corrected chi connectivity index (χ3v) is 7.76. The zero-order valence-corrected chi connectivity index (χ0v) is 24.0. The van der Waals surface area contributed by atoms with Crippen molar-refractivity contribution in [2.24, 2.45) is 0 Å². The molecule has 0 saturated carbocycles. The molecule has 1 aliphatic carbocycles. The molecule has 1 aliphatic rings. The van der Waals surface area contributed by atoms with E-state index in [1.165, 1.54) is 14.2 Å². The first-order valence-corrected chi connectivity index (χ1v) is 14.0. The quantitative estimate of drug-likeness (QED) is 0.271. The van der Waals surface area contributed by atoms with Gasteiger partial charge in [0.1, 0.15) is 10.7 Å². The Bertz CT molecular complexity index is 2280. The monoisotopic (exact) mass is 582 g/mol. The summed E-state index contributed by atoms with van der Waals surface area (Å²) in [5.41, 5.74) is 2.89. The molecular weight excluding hydrogens is 556 g/mol. The first kappa shape index (κ1) is 27.0. The lowest BCUT2D eigenvalue weighted by Gasteiger charge is -2.06. The van der Waals surface area contributed by atoms with Crippen molar-refractivity contribution >= 4 is 11.9 Å². The number of esters is 2. The topological polar surface area (TPSA) is 114 Å². The van der Waals surface area contributed by atoms with Gasteiger partial charge in [0.15, 0.2) is 0 Å². The molecule has 0 radical (unpaired) electrons. The Kier molecular flexibility index (Phi) is 6.78. The van der Waals surface area contributed by atoms with Crippen LogP contribution in [0.1, 0.15) is 31.8 Å². The maximum absolute atomic E-state index is 12.0. The van der Waals surface area contributed by atoms with Crippen LogP contribution in [0.3, 0.4) is 0 Å². The van der Waals surface area contributed by atoms with Crippen molar-refractivity contribution < 1.29 is 19.1 Å². The van der Waals surface area contributed by atoms with Crippen LogP contribution in [0.25, 0.3) is 0 Å². The Morgan fingerprint density at radius 1 is 0.545 bits per heavy atom. The minimum Gasteiger partial charge on any atom is -0.465 e. The predicted molar refractivity (Wildman–Crippen MR) is 157 cm³/mol. The van der Waals surface area contributed by atoms with Crippen LogP contribution in [0.2, 0.25) is 0 Å². The molecule has 10 nitrogen and oxygen atoms in total. The molecule has 6 aromatic rings. The molecule has 0 aliphatic heterocycles. The summed E-state index contributed by atoms with van der Waals surface area (Å²) in [4.78, 5) is 23.9. The van der Waals surface area contributed by atoms with Crippen LogP contribution in [0.5, 0.6) is 0 Å². The standard InChI is InChI=1S/C34H26N6O4/c1-43-33(41)23-15-11-21(12-16-23)19-39-31-27-9-5-6-10-28(27)32-30(26-8-4-3-7-25(26)29(31)35-37-39)36-38-40(32)20-22-13-17-24(18-14-22)34(42)44-2/h3-18H,19-20H2,1-2H3/b29-25+,30-26+,31-27+,32-28+. The van der Waals surface area contributed by atoms with Gasteiger partial charge in [-0.2, -0.15) is 0 Å². The molecule has 44 heavy (non-hydrogen) atoms. The van der Waals surface area contributed by atoms with Gasteiger partial charge in [-0.25, -0.2) is 19.0 Å². The van der Waals surface area contributed by atoms with E-state index >= 15 is 0 Å². The Morgan fingerprint density at radius 3 is 1.27 bits per heavy atom. The molecule has 2 heterocycles. The van der Waals surface area contributed by atoms with Crippen molar-refractivity contribution in [3.8, 4) is 0 Å². The van der Waals surface area contributed by atoms with Crippen molar-refractivity contribution in [1.82, 2.24) is 30.0 Å². The van der Waals surface area contributed by atoms with Gasteiger partial charge in [0.05, 0.1) is 49.1 Å². The number of carbonyl (C=O) groups is 2. The lowest BCUT2D eigenvalue weighted by molar-refractivity contribution is 0.0592. The second-order valence-corrected chi connectivity index (χ2v) is 10.4. The van der Waals surface area contributed by atoms with Gasteiger partial charge in [0, 0.05) is 20.9 Å². The fourth-order valence-corrected chi connectivity index (χ4v) is 5.61. The van der Waals surface area contributed by atoms with Crippen molar-refractivity contribution in [3.63, 3.8) is 0 Å². The van der Waals surface area contributed by atoms with Crippen molar-refractivity contribution in [2.45, 2.75) is 13.1 Å². The van der Waals surface area contributed by atoms with Gasteiger partial charge in [0.2, 0.25) is 0 Å². The number of aromatic nitrogens is 6. The summed E-state index contributed by atoms with van der Waals surface area (Å²) in [5, 5.41) is 25.5. The van der Waals surface area contributed by atoms with E-state index in [2.05, 4.69) is 32.8 Å². The predicted octanol–water partition coefficient (Wildman–Crippen LogP) is 4.00. The second-order valence-electron chi connectivity index (χ2n) is 10.4. The van der Waals surface area contributed by atoms with Crippen LogP contribution in [0, 0.1) is 42.3 Å². The molecule has 0 amide bonds. The van der Waals surface area contributed by atoms with E-state index in [4.69, 9.17) is 9.47 Å². The lowest BCUT2D eigenvalue weighted by Crippen LogP contribution is -2.06. The normalized spacial score (nSPS) is 14.6. The summed E-state index contributed by atoms with van der Waals surface area (Å²) < 4.78 is 13.5. The third-order valence-electron chi connectivity index (χ3n) is 7.76. The minimum atomic E-state index is -0.381. The number of fused-ring (bicyclic) bond motifs is 4. The highest BCUT2D eigenvalue weighted by Crippen LogP contribution is 2.14. The van der Waals surface area contributed by atoms with Crippen LogP contribution in [-0.2, 0) is 22.6 Å². The maximum atomic E-state index is 12.0. The highest BCUT2D eigenvalue weighted by molar-refractivity contribution is 5.89. The fourth-order valence-electron chi connectivity index (χ4n) is 5.61. The zero-order valence-electron chi connectivity index (χ0n) is 24.0. The molecule has 0 atom stereocenters. The van der Waals surface area contributed by atoms with E-state index in [9.17, 15) is 9.59 Å². The number of methoxy groups -OCH3 is 2. The SMILES string of the molecule is COC(=O)c1ccc(Cn2nnc3/c2=c2/cccc/c2=c2/c(nnn2Cc2ccc(C(=O)OC)cc2)=c2/cccc/c2=3)cc1. The number of nitrogens with zero attached hydrogens (tertiary/aromatic N) is 6. The molecule has 0 saturated heterocycles. The molecule has 0 spiro atoms. The van der Waals surface area contributed by atoms with Gasteiger partial charge in [-0.1, -0.05) is 83.2 Å². The van der Waals surface area contributed by atoms with E-state index in [1.54, 1.807) is 24.3 Å². The molecule has 0 N–H and O–H groups in total. The van der Waals surface area contributed by atoms with Gasteiger partial charge in [-0.05, 0) is 35.4 Å². The van der Waals surface area contributed by atoms with Gasteiger partial charge in [-0.3, -0.25) is 0 Å². The number of carbonyl (C=O) groups excluding carboxylic acids is 2. The third kappa shape index (κ3) is 4.62. The molecule has 2 aromatic heterocycles. The van der Waals surface area contributed by atoms with Crippen LogP contribution < -0.4 is 0 Å². The largest absolute Gasteiger partial charge is 0.465 e. The second kappa shape index (κ2) is 11.1. The number of benzene rings is 4. The summed E-state index contributed by atoms with van der Waals surface area (Å²) >= 11 is 0. The minimum absolute atomic E-state index is 0.381. The fraction of sp³-hybridized carbons (Fsp3) is 0.118. The van der Waals surface area contributed by atoms with Crippen LogP contribution in [0.4, 0.5) is 0 Å². The van der Waals surface area contributed by atoms with Crippen molar-refractivity contribution in [1.29, 1.82) is 0 Å². The Balaban J connectivity index is 1.51. The average molecular weight is 583 g/mol. The van der Waals surface area contributed by atoms with E-state index in [0.717, 1.165) is 53.4 Å². The van der Waals surface area contributed by atoms with E-state index in [-0.39, 0.29) is 11.9 Å². The van der Waals surface area contributed by atoms with Crippen LogP contribution in [0.15, 0.2) is 97.1 Å². The van der Waals surface area contributed by atoms with Crippen LogP contribution >= 0.6 is 0 Å². The van der Waals surface area contributed by atoms with Gasteiger partial charge in [-0.15, -0.1) is 10.2 Å². The molecule has 0 fully saturated rings. The van der Waals surface area contributed by atoms with Crippen LogP contribution in [-0.4, -0.2) is 56.1 Å². The summed E-state index contributed by atoms with van der Waals surface area (Å²) in [6.07, 6.45) is 0. The highest BCUT2D eigenvalue weighted by Gasteiger charge is 2.12. The smallest absolute Gasteiger partial charge is 0.337 e. The highest BCUT2D eigenvalue weighted by atomic mass is 16.5. The summed E-state index contributed by atoms with van der Waals surface area (Å²) in [6, 6.07) is 30.7. The van der Waals surface area contributed by atoms with E-state index < -0.39 is 0 Å². The number of ether oxygens (including phenoxy) is 2. The first-order chi connectivity index (χ1) is 21.6. The van der Waals surface area contributed by atoms with Crippen molar-refractivity contribution in [2.75, 3.05) is 14.2 Å². The Morgan fingerprint density at radius 2 is 0.909 bits per heavy atom. The molecule has 7 rings (SSSR count). The first-order valence-electron chi connectivity index (χ1n) is 14.0. The van der Waals surface area contributed by atoms with Crippen molar-refractivity contribution in [3.05, 3.63) is 162 Å². The summed E-state index contributed by atoms with van der Waals surface area (Å²) in [5.74, 6) is -0.762. The summed E-state index contributed by atoms with van der Waals surface area (Å²) in [6.45, 7) is 0.883. The number of rotatable bonds is 6. The van der Waals surface area contributed by atoms with E-state index in [1.807, 2.05) is 70.0 Å². The number of hydrogen-bond acceptors (Lipinski definition) is 8. The average Bonchev–Trinajstić information content (AvgIpc) is 3.67. The molecule has 10 heteroatoms. The summed E-state index contributed by atoms with van der Waals surface area (Å²) in [7, 11) is 2.73. The molecular formula is C34H26N6O4. The van der Waals surface area contributed by atoms with Gasteiger partial charge >= 0.3 is 11.9 Å². The maximum Gasteiger partial charge on any atom is 0.337 e. The van der Waals surface area contributed by atoms with Gasteiger partial charge in [0.25, 0.3) is 0 Å². The molecule has 4 aromatic carbocycles. The molecule has 0 unspecified atom stereocenters.